The van der Waals surface area contributed by atoms with Crippen molar-refractivity contribution in [3.05, 3.63) is 89.2 Å². The minimum atomic E-state index is -1.34. The van der Waals surface area contributed by atoms with Crippen molar-refractivity contribution in [1.29, 1.82) is 5.26 Å². The third kappa shape index (κ3) is 4.29. The number of benzodiazepines with no additional fused rings is 1. The fourth-order valence-corrected chi connectivity index (χ4v) is 3.62. The maximum Gasteiger partial charge on any atom is 0.321 e. The highest BCUT2D eigenvalue weighted by Gasteiger charge is 2.31. The number of nitrogens with zero attached hydrogens (tertiary/aromatic N) is 3. The summed E-state index contributed by atoms with van der Waals surface area (Å²) in [6.45, 7) is 0. The number of methoxy groups -OCH3 is 1. The summed E-state index contributed by atoms with van der Waals surface area (Å²) >= 11 is 0. The number of nitriles is 1. The van der Waals surface area contributed by atoms with Gasteiger partial charge < -0.3 is 20.3 Å². The lowest BCUT2D eigenvalue weighted by Crippen LogP contribution is -2.47. The number of halogens is 1. The molecule has 0 saturated carbocycles. The van der Waals surface area contributed by atoms with E-state index in [-0.39, 0.29) is 22.5 Å². The van der Waals surface area contributed by atoms with Crippen LogP contribution in [0.15, 0.2) is 71.7 Å². The van der Waals surface area contributed by atoms with E-state index in [2.05, 4.69) is 15.6 Å². The number of rotatable bonds is 4. The number of aliphatic imine (C=N–C) groups is 1. The third-order valence-electron chi connectivity index (χ3n) is 5.34. The van der Waals surface area contributed by atoms with Crippen molar-refractivity contribution in [2.75, 3.05) is 24.4 Å². The standard InChI is InChI=1S/C25H20FN5O3/c1-31-21-10-6-4-8-18(21)22(17-7-3-5-9-19(17)26)29-23(24(31)32)30-25(33)28-20-13-16(34-2)12-11-15(20)14-27/h3-13,23H,1-2H3,(H2,28,30,33). The van der Waals surface area contributed by atoms with Gasteiger partial charge in [0.15, 0.2) is 0 Å². The first kappa shape index (κ1) is 22.5. The van der Waals surface area contributed by atoms with Gasteiger partial charge in [-0.3, -0.25) is 4.79 Å². The lowest BCUT2D eigenvalue weighted by Gasteiger charge is -2.21. The molecule has 0 aliphatic carbocycles. The van der Waals surface area contributed by atoms with Crippen LogP contribution in [0.2, 0.25) is 0 Å². The van der Waals surface area contributed by atoms with Crippen molar-refractivity contribution in [3.8, 4) is 11.8 Å². The number of anilines is 2. The number of hydrogen-bond donors (Lipinski definition) is 2. The number of ether oxygens (including phenoxy) is 1. The maximum absolute atomic E-state index is 14.7. The zero-order valence-corrected chi connectivity index (χ0v) is 18.4. The number of fused-ring (bicyclic) bond motifs is 1. The predicted molar refractivity (Wildman–Crippen MR) is 126 cm³/mol. The number of amides is 3. The van der Waals surface area contributed by atoms with Gasteiger partial charge in [-0.25, -0.2) is 14.2 Å². The van der Waals surface area contributed by atoms with Gasteiger partial charge in [-0.15, -0.1) is 0 Å². The molecule has 3 aromatic carbocycles. The Labute approximate surface area is 195 Å². The Morgan fingerprint density at radius 3 is 2.53 bits per heavy atom. The van der Waals surface area contributed by atoms with Crippen molar-refractivity contribution in [2.24, 2.45) is 4.99 Å². The SMILES string of the molecule is COc1ccc(C#N)c(NC(=O)NC2N=C(c3ccccc3F)c3ccccc3N(C)C2=O)c1. The topological polar surface area (TPSA) is 107 Å². The van der Waals surface area contributed by atoms with Crippen LogP contribution in [-0.4, -0.2) is 38.0 Å². The molecule has 1 heterocycles. The highest BCUT2D eigenvalue weighted by atomic mass is 19.1. The zero-order valence-electron chi connectivity index (χ0n) is 18.4. The van der Waals surface area contributed by atoms with E-state index >= 15 is 0 Å². The summed E-state index contributed by atoms with van der Waals surface area (Å²) in [5.41, 5.74) is 1.92. The molecule has 1 atom stereocenters. The van der Waals surface area contributed by atoms with Crippen LogP contribution >= 0.6 is 0 Å². The summed E-state index contributed by atoms with van der Waals surface area (Å²) in [5.74, 6) is -0.582. The zero-order chi connectivity index (χ0) is 24.2. The van der Waals surface area contributed by atoms with Crippen molar-refractivity contribution >= 4 is 29.0 Å². The molecule has 0 bridgehead atoms. The van der Waals surface area contributed by atoms with E-state index in [0.29, 0.717) is 17.0 Å². The maximum atomic E-state index is 14.7. The van der Waals surface area contributed by atoms with Crippen molar-refractivity contribution < 1.29 is 18.7 Å². The van der Waals surface area contributed by atoms with E-state index in [1.165, 1.54) is 30.2 Å². The predicted octanol–water partition coefficient (Wildman–Crippen LogP) is 3.67. The molecule has 0 radical (unpaired) electrons. The molecule has 1 aliphatic heterocycles. The van der Waals surface area contributed by atoms with E-state index in [9.17, 15) is 19.2 Å². The second-order valence-electron chi connectivity index (χ2n) is 7.40. The Kier molecular flexibility index (Phi) is 6.23. The lowest BCUT2D eigenvalue weighted by atomic mass is 10.00. The average Bonchev–Trinajstić information content (AvgIpc) is 2.95. The second kappa shape index (κ2) is 9.42. The quantitative estimate of drug-likeness (QED) is 0.623. The minimum Gasteiger partial charge on any atom is -0.497 e. The molecule has 0 fully saturated rings. The lowest BCUT2D eigenvalue weighted by molar-refractivity contribution is -0.119. The molecule has 1 aliphatic rings. The van der Waals surface area contributed by atoms with Crippen LogP contribution in [0, 0.1) is 17.1 Å². The summed E-state index contributed by atoms with van der Waals surface area (Å²) in [7, 11) is 3.02. The molecule has 2 N–H and O–H groups in total. The Hall–Kier alpha value is -4.71. The molecule has 1 unspecified atom stereocenters. The average molecular weight is 457 g/mol. The number of urea groups is 1. The van der Waals surface area contributed by atoms with Crippen LogP contribution in [-0.2, 0) is 4.79 Å². The summed E-state index contributed by atoms with van der Waals surface area (Å²) in [5, 5.41) is 14.4. The molecular formula is C25H20FN5O3. The van der Waals surface area contributed by atoms with Gasteiger partial charge in [0, 0.05) is 24.2 Å². The molecular weight excluding hydrogens is 437 g/mol. The van der Waals surface area contributed by atoms with Crippen molar-refractivity contribution in [2.45, 2.75) is 6.17 Å². The summed E-state index contributed by atoms with van der Waals surface area (Å²) < 4.78 is 19.8. The summed E-state index contributed by atoms with van der Waals surface area (Å²) in [6.07, 6.45) is -1.34. The van der Waals surface area contributed by atoms with Crippen molar-refractivity contribution in [1.82, 2.24) is 5.32 Å². The third-order valence-corrected chi connectivity index (χ3v) is 5.34. The van der Waals surface area contributed by atoms with Crippen LogP contribution in [0.25, 0.3) is 0 Å². The first-order valence-corrected chi connectivity index (χ1v) is 10.3. The Bertz CT molecular complexity index is 1350. The van der Waals surface area contributed by atoms with Crippen LogP contribution in [0.4, 0.5) is 20.6 Å². The van der Waals surface area contributed by atoms with E-state index in [0.717, 1.165) is 0 Å². The highest BCUT2D eigenvalue weighted by Crippen LogP contribution is 2.28. The molecule has 0 aromatic heterocycles. The summed E-state index contributed by atoms with van der Waals surface area (Å²) in [6, 6.07) is 18.9. The molecule has 34 heavy (non-hydrogen) atoms. The number of carbonyl (C=O) groups is 2. The van der Waals surface area contributed by atoms with Gasteiger partial charge in [0.05, 0.1) is 29.8 Å². The number of nitrogens with one attached hydrogen (secondary N) is 2. The van der Waals surface area contributed by atoms with E-state index in [1.807, 2.05) is 6.07 Å². The van der Waals surface area contributed by atoms with Gasteiger partial charge in [-0.05, 0) is 30.3 Å². The molecule has 3 amide bonds. The number of para-hydroxylation sites is 1. The van der Waals surface area contributed by atoms with Crippen LogP contribution in [0.1, 0.15) is 16.7 Å². The molecule has 9 heteroatoms. The van der Waals surface area contributed by atoms with Crippen LogP contribution < -0.4 is 20.3 Å². The smallest absolute Gasteiger partial charge is 0.321 e. The number of hydrogen-bond acceptors (Lipinski definition) is 5. The molecule has 4 rings (SSSR count). The van der Waals surface area contributed by atoms with Gasteiger partial charge in [0.1, 0.15) is 17.6 Å². The molecule has 8 nitrogen and oxygen atoms in total. The van der Waals surface area contributed by atoms with E-state index in [4.69, 9.17) is 4.74 Å². The fraction of sp³-hybridized carbons (Fsp3) is 0.120. The van der Waals surface area contributed by atoms with Gasteiger partial charge in [0.2, 0.25) is 6.17 Å². The fourth-order valence-electron chi connectivity index (χ4n) is 3.62. The Morgan fingerprint density at radius 1 is 1.12 bits per heavy atom. The second-order valence-corrected chi connectivity index (χ2v) is 7.40. The van der Waals surface area contributed by atoms with Gasteiger partial charge in [-0.1, -0.05) is 30.3 Å². The number of carbonyl (C=O) groups excluding carboxylic acids is 2. The molecule has 170 valence electrons. The minimum absolute atomic E-state index is 0.199. The Balaban J connectivity index is 1.71. The summed E-state index contributed by atoms with van der Waals surface area (Å²) in [4.78, 5) is 31.8. The van der Waals surface area contributed by atoms with E-state index in [1.54, 1.807) is 55.6 Å². The van der Waals surface area contributed by atoms with Crippen molar-refractivity contribution in [3.63, 3.8) is 0 Å². The molecule has 3 aromatic rings. The molecule has 0 saturated heterocycles. The largest absolute Gasteiger partial charge is 0.497 e. The normalized spacial score (nSPS) is 14.9. The van der Waals surface area contributed by atoms with Crippen LogP contribution in [0.5, 0.6) is 5.75 Å². The van der Waals surface area contributed by atoms with Gasteiger partial charge in [0.25, 0.3) is 5.91 Å². The number of benzene rings is 3. The van der Waals surface area contributed by atoms with Gasteiger partial charge >= 0.3 is 6.03 Å². The number of likely N-dealkylation sites (N-methyl/N-ethyl adjacent to an activating group) is 1. The monoisotopic (exact) mass is 457 g/mol. The first-order chi connectivity index (χ1) is 16.4. The van der Waals surface area contributed by atoms with Crippen LogP contribution in [0.3, 0.4) is 0 Å². The van der Waals surface area contributed by atoms with Gasteiger partial charge in [-0.2, -0.15) is 5.26 Å². The molecule has 0 spiro atoms. The first-order valence-electron chi connectivity index (χ1n) is 10.3. The highest BCUT2D eigenvalue weighted by molar-refractivity contribution is 6.20. The Morgan fingerprint density at radius 2 is 1.82 bits per heavy atom. The van der Waals surface area contributed by atoms with E-state index < -0.39 is 23.9 Å².